The van der Waals surface area contributed by atoms with Crippen LogP contribution < -0.4 is 9.64 Å². The van der Waals surface area contributed by atoms with Crippen LogP contribution in [0.15, 0.2) is 30.3 Å². The molecule has 0 saturated carbocycles. The van der Waals surface area contributed by atoms with Crippen molar-refractivity contribution in [1.29, 1.82) is 0 Å². The number of hydrogen-bond acceptors (Lipinski definition) is 5. The van der Waals surface area contributed by atoms with E-state index in [2.05, 4.69) is 28.9 Å². The molecule has 2 heterocycles. The van der Waals surface area contributed by atoms with Gasteiger partial charge in [0.1, 0.15) is 11.6 Å². The quantitative estimate of drug-likeness (QED) is 0.780. The number of hydrogen-bond donors (Lipinski definition) is 0. The van der Waals surface area contributed by atoms with Crippen molar-refractivity contribution in [2.75, 3.05) is 25.2 Å². The second kappa shape index (κ2) is 7.55. The molecule has 0 amide bonds. The number of pyridine rings is 1. The minimum absolute atomic E-state index is 0.347. The van der Waals surface area contributed by atoms with Crippen LogP contribution in [0.1, 0.15) is 40.5 Å². The van der Waals surface area contributed by atoms with Gasteiger partial charge in [-0.3, -0.25) is 0 Å². The monoisotopic (exact) mass is 340 g/mol. The number of aromatic nitrogens is 1. The van der Waals surface area contributed by atoms with Crippen LogP contribution in [0.25, 0.3) is 0 Å². The molecule has 1 aliphatic heterocycles. The molecule has 5 heteroatoms. The summed E-state index contributed by atoms with van der Waals surface area (Å²) in [5.74, 6) is 1.49. The molecule has 25 heavy (non-hydrogen) atoms. The lowest BCUT2D eigenvalue weighted by Gasteiger charge is -2.30. The van der Waals surface area contributed by atoms with Gasteiger partial charge in [-0.2, -0.15) is 0 Å². The minimum atomic E-state index is -0.347. The third kappa shape index (κ3) is 3.76. The van der Waals surface area contributed by atoms with Gasteiger partial charge in [0.2, 0.25) is 0 Å². The molecule has 1 aliphatic rings. The number of carbonyl (C=O) groups excluding carboxylic acids is 1. The van der Waals surface area contributed by atoms with E-state index in [1.165, 1.54) is 18.2 Å². The molecule has 0 atom stereocenters. The minimum Gasteiger partial charge on any atom is -0.494 e. The Morgan fingerprint density at radius 3 is 2.80 bits per heavy atom. The van der Waals surface area contributed by atoms with Gasteiger partial charge in [0.15, 0.2) is 0 Å². The van der Waals surface area contributed by atoms with Crippen molar-refractivity contribution in [3.63, 3.8) is 0 Å². The van der Waals surface area contributed by atoms with Crippen molar-refractivity contribution in [3.05, 3.63) is 52.7 Å². The van der Waals surface area contributed by atoms with Gasteiger partial charge in [0.05, 0.1) is 25.0 Å². The Kier molecular flexibility index (Phi) is 5.22. The first kappa shape index (κ1) is 17.3. The fourth-order valence-corrected chi connectivity index (χ4v) is 3.08. The average molecular weight is 340 g/mol. The maximum atomic E-state index is 11.7. The summed E-state index contributed by atoms with van der Waals surface area (Å²) >= 11 is 0. The number of esters is 1. The fraction of sp³-hybridized carbons (Fsp3) is 0.400. The van der Waals surface area contributed by atoms with E-state index in [0.717, 1.165) is 44.1 Å². The summed E-state index contributed by atoms with van der Waals surface area (Å²) in [5.41, 5.74) is 3.85. The van der Waals surface area contributed by atoms with Crippen LogP contribution in [-0.4, -0.2) is 31.2 Å². The van der Waals surface area contributed by atoms with E-state index in [1.807, 2.05) is 19.1 Å². The Labute approximate surface area is 148 Å². The van der Waals surface area contributed by atoms with E-state index in [9.17, 15) is 4.79 Å². The van der Waals surface area contributed by atoms with Crippen LogP contribution in [0.3, 0.4) is 0 Å². The van der Waals surface area contributed by atoms with Gasteiger partial charge in [-0.15, -0.1) is 0 Å². The Hall–Kier alpha value is -2.56. The SMILES string of the molecule is CCCOc1ccc2c(c1)CCN(c1ccc(C(=O)OC)c(C)n1)C2. The first-order chi connectivity index (χ1) is 12.1. The van der Waals surface area contributed by atoms with Crippen LogP contribution >= 0.6 is 0 Å². The van der Waals surface area contributed by atoms with E-state index in [0.29, 0.717) is 11.3 Å². The van der Waals surface area contributed by atoms with E-state index >= 15 is 0 Å². The lowest BCUT2D eigenvalue weighted by atomic mass is 9.99. The molecule has 1 aromatic heterocycles. The van der Waals surface area contributed by atoms with Gasteiger partial charge in [-0.25, -0.2) is 9.78 Å². The van der Waals surface area contributed by atoms with Gasteiger partial charge < -0.3 is 14.4 Å². The van der Waals surface area contributed by atoms with Crippen molar-refractivity contribution in [1.82, 2.24) is 4.98 Å². The van der Waals surface area contributed by atoms with Gasteiger partial charge in [0.25, 0.3) is 0 Å². The molecule has 3 rings (SSSR count). The van der Waals surface area contributed by atoms with E-state index < -0.39 is 0 Å². The highest BCUT2D eigenvalue weighted by Crippen LogP contribution is 2.27. The summed E-state index contributed by atoms with van der Waals surface area (Å²) in [7, 11) is 1.38. The van der Waals surface area contributed by atoms with Crippen molar-refractivity contribution >= 4 is 11.8 Å². The first-order valence-electron chi connectivity index (χ1n) is 8.68. The van der Waals surface area contributed by atoms with Crippen molar-refractivity contribution in [2.24, 2.45) is 0 Å². The summed E-state index contributed by atoms with van der Waals surface area (Å²) in [4.78, 5) is 18.5. The van der Waals surface area contributed by atoms with Crippen LogP contribution in [0, 0.1) is 6.92 Å². The fourth-order valence-electron chi connectivity index (χ4n) is 3.08. The molecule has 0 bridgehead atoms. The average Bonchev–Trinajstić information content (AvgIpc) is 2.65. The predicted octanol–water partition coefficient (Wildman–Crippen LogP) is 3.53. The zero-order valence-electron chi connectivity index (χ0n) is 15.0. The second-order valence-electron chi connectivity index (χ2n) is 6.24. The molecule has 0 radical (unpaired) electrons. The molecular formula is C20H24N2O3. The summed E-state index contributed by atoms with van der Waals surface area (Å²) in [6.45, 7) is 6.41. The normalized spacial score (nSPS) is 13.3. The van der Waals surface area contributed by atoms with Crippen LogP contribution in [0.4, 0.5) is 5.82 Å². The lowest BCUT2D eigenvalue weighted by Crippen LogP contribution is -2.31. The molecule has 0 aliphatic carbocycles. The van der Waals surface area contributed by atoms with Gasteiger partial charge in [-0.1, -0.05) is 13.0 Å². The molecule has 0 spiro atoms. The summed E-state index contributed by atoms with van der Waals surface area (Å²) in [6, 6.07) is 10.0. The van der Waals surface area contributed by atoms with Gasteiger partial charge in [0, 0.05) is 13.1 Å². The third-order valence-corrected chi connectivity index (χ3v) is 4.46. The van der Waals surface area contributed by atoms with E-state index in [-0.39, 0.29) is 5.97 Å². The Morgan fingerprint density at radius 1 is 1.24 bits per heavy atom. The van der Waals surface area contributed by atoms with Gasteiger partial charge in [-0.05, 0) is 55.2 Å². The number of fused-ring (bicyclic) bond motifs is 1. The number of methoxy groups -OCH3 is 1. The lowest BCUT2D eigenvalue weighted by molar-refractivity contribution is 0.0599. The molecule has 0 fully saturated rings. The largest absolute Gasteiger partial charge is 0.494 e. The Balaban J connectivity index is 1.76. The molecular weight excluding hydrogens is 316 g/mol. The summed E-state index contributed by atoms with van der Waals surface area (Å²) < 4.78 is 10.5. The number of ether oxygens (including phenoxy) is 2. The number of benzene rings is 1. The molecule has 0 N–H and O–H groups in total. The maximum Gasteiger partial charge on any atom is 0.339 e. The number of nitrogens with zero attached hydrogens (tertiary/aromatic N) is 2. The smallest absolute Gasteiger partial charge is 0.339 e. The molecule has 5 nitrogen and oxygen atoms in total. The number of rotatable bonds is 5. The standard InChI is InChI=1S/C20H24N2O3/c1-4-11-25-17-6-5-16-13-22(10-9-15(16)12-17)19-8-7-18(14(2)21-19)20(23)24-3/h5-8,12H,4,9-11,13H2,1-3H3. The van der Waals surface area contributed by atoms with E-state index in [1.54, 1.807) is 6.07 Å². The first-order valence-corrected chi connectivity index (χ1v) is 8.68. The van der Waals surface area contributed by atoms with Crippen LogP contribution in [0.2, 0.25) is 0 Å². The predicted molar refractivity (Wildman–Crippen MR) is 97.3 cm³/mol. The topological polar surface area (TPSA) is 51.7 Å². The van der Waals surface area contributed by atoms with Crippen LogP contribution in [0.5, 0.6) is 5.75 Å². The van der Waals surface area contributed by atoms with Crippen LogP contribution in [-0.2, 0) is 17.7 Å². The molecule has 0 saturated heterocycles. The highest BCUT2D eigenvalue weighted by Gasteiger charge is 2.19. The number of anilines is 1. The Bertz CT molecular complexity index is 774. The second-order valence-corrected chi connectivity index (χ2v) is 6.24. The Morgan fingerprint density at radius 2 is 2.08 bits per heavy atom. The number of carbonyl (C=O) groups is 1. The highest BCUT2D eigenvalue weighted by molar-refractivity contribution is 5.90. The zero-order valence-corrected chi connectivity index (χ0v) is 15.0. The molecule has 0 unspecified atom stereocenters. The number of aryl methyl sites for hydroxylation is 1. The summed E-state index contributed by atoms with van der Waals surface area (Å²) in [5, 5.41) is 0. The highest BCUT2D eigenvalue weighted by atomic mass is 16.5. The molecule has 2 aromatic rings. The third-order valence-electron chi connectivity index (χ3n) is 4.46. The molecule has 1 aromatic carbocycles. The molecule has 132 valence electrons. The zero-order chi connectivity index (χ0) is 17.8. The maximum absolute atomic E-state index is 11.7. The summed E-state index contributed by atoms with van der Waals surface area (Å²) in [6.07, 6.45) is 1.97. The van der Waals surface area contributed by atoms with Crippen molar-refractivity contribution < 1.29 is 14.3 Å². The van der Waals surface area contributed by atoms with E-state index in [4.69, 9.17) is 9.47 Å². The van der Waals surface area contributed by atoms with Gasteiger partial charge >= 0.3 is 5.97 Å². The van der Waals surface area contributed by atoms with Crippen molar-refractivity contribution in [2.45, 2.75) is 33.2 Å². The van der Waals surface area contributed by atoms with Crippen molar-refractivity contribution in [3.8, 4) is 5.75 Å².